The minimum atomic E-state index is -0.980. The topological polar surface area (TPSA) is 51.2 Å². The molecule has 0 bridgehead atoms. The van der Waals surface area contributed by atoms with Gasteiger partial charge in [-0.15, -0.1) is 0 Å². The van der Waals surface area contributed by atoms with E-state index in [4.69, 9.17) is 4.74 Å². The minimum absolute atomic E-state index is 0.0446. The largest absolute Gasteiger partial charge is 0.444 e. The number of hydrogen-bond donors (Lipinski definition) is 1. The summed E-state index contributed by atoms with van der Waals surface area (Å²) in [7, 11) is 0. The highest BCUT2D eigenvalue weighted by Crippen LogP contribution is 2.28. The van der Waals surface area contributed by atoms with Gasteiger partial charge >= 0.3 is 6.09 Å². The summed E-state index contributed by atoms with van der Waals surface area (Å²) in [5, 5.41) is 2.53. The van der Waals surface area contributed by atoms with Gasteiger partial charge in [-0.3, -0.25) is 4.98 Å². The molecule has 1 aromatic carbocycles. The van der Waals surface area contributed by atoms with Gasteiger partial charge in [-0.05, 0) is 32.9 Å². The molecule has 0 aliphatic heterocycles. The summed E-state index contributed by atoms with van der Waals surface area (Å²) >= 11 is 0. The SMILES string of the molecule is CC(C)(C)OC(=O)NCc1cc(/C(F)=C(\F)c2ccccc2)ccn1. The molecule has 1 amide bonds. The predicted molar refractivity (Wildman–Crippen MR) is 92.8 cm³/mol. The third-order valence-corrected chi connectivity index (χ3v) is 3.10. The third-order valence-electron chi connectivity index (χ3n) is 3.10. The van der Waals surface area contributed by atoms with E-state index in [2.05, 4.69) is 10.3 Å². The van der Waals surface area contributed by atoms with Crippen molar-refractivity contribution in [3.05, 3.63) is 65.5 Å². The van der Waals surface area contributed by atoms with E-state index in [0.717, 1.165) is 0 Å². The molecule has 0 saturated heterocycles. The summed E-state index contributed by atoms with van der Waals surface area (Å²) in [6.45, 7) is 5.29. The van der Waals surface area contributed by atoms with Gasteiger partial charge in [0.1, 0.15) is 5.60 Å². The standard InChI is InChI=1S/C19H20F2N2O2/c1-19(2,3)25-18(24)23-12-15-11-14(9-10-22-15)17(21)16(20)13-7-5-4-6-8-13/h4-11H,12H2,1-3H3,(H,23,24)/b17-16+. The first-order chi connectivity index (χ1) is 11.8. The van der Waals surface area contributed by atoms with Gasteiger partial charge < -0.3 is 10.1 Å². The average Bonchev–Trinajstić information content (AvgIpc) is 2.58. The second kappa shape index (κ2) is 7.88. The van der Waals surface area contributed by atoms with E-state index in [9.17, 15) is 13.6 Å². The number of alkyl carbamates (subject to hydrolysis) is 1. The normalized spacial score (nSPS) is 12.4. The maximum Gasteiger partial charge on any atom is 0.407 e. The van der Waals surface area contributed by atoms with Crippen LogP contribution in [0.4, 0.5) is 13.6 Å². The summed E-state index contributed by atoms with van der Waals surface area (Å²) < 4.78 is 33.7. The van der Waals surface area contributed by atoms with Gasteiger partial charge in [-0.2, -0.15) is 0 Å². The number of halogens is 2. The lowest BCUT2D eigenvalue weighted by molar-refractivity contribution is 0.0523. The number of nitrogens with one attached hydrogen (secondary N) is 1. The van der Waals surface area contributed by atoms with E-state index in [0.29, 0.717) is 5.69 Å². The monoisotopic (exact) mass is 346 g/mol. The lowest BCUT2D eigenvalue weighted by Gasteiger charge is -2.19. The Morgan fingerprint density at radius 3 is 2.36 bits per heavy atom. The molecular formula is C19H20F2N2O2. The van der Waals surface area contributed by atoms with Crippen molar-refractivity contribution in [3.8, 4) is 0 Å². The number of ether oxygens (including phenoxy) is 1. The Bertz CT molecular complexity index is 768. The van der Waals surface area contributed by atoms with Gasteiger partial charge in [-0.25, -0.2) is 13.6 Å². The molecule has 0 spiro atoms. The van der Waals surface area contributed by atoms with Gasteiger partial charge in [0.25, 0.3) is 0 Å². The molecule has 0 saturated carbocycles. The third kappa shape index (κ3) is 5.67. The molecule has 2 aromatic rings. The molecule has 0 atom stereocenters. The summed E-state index contributed by atoms with van der Waals surface area (Å²) in [6, 6.07) is 10.7. The number of carbonyl (C=O) groups excluding carboxylic acids is 1. The zero-order chi connectivity index (χ0) is 18.4. The van der Waals surface area contributed by atoms with E-state index in [1.807, 2.05) is 0 Å². The molecule has 1 heterocycles. The fraction of sp³-hybridized carbons (Fsp3) is 0.263. The molecule has 132 valence electrons. The van der Waals surface area contributed by atoms with Crippen LogP contribution in [0, 0.1) is 0 Å². The molecule has 25 heavy (non-hydrogen) atoms. The maximum absolute atomic E-state index is 14.4. The van der Waals surface area contributed by atoms with Crippen LogP contribution in [0.2, 0.25) is 0 Å². The van der Waals surface area contributed by atoms with Crippen molar-refractivity contribution in [2.24, 2.45) is 0 Å². The van der Waals surface area contributed by atoms with Crippen LogP contribution in [0.3, 0.4) is 0 Å². The summed E-state index contributed by atoms with van der Waals surface area (Å²) in [5.74, 6) is -1.93. The molecule has 4 nitrogen and oxygen atoms in total. The highest BCUT2D eigenvalue weighted by atomic mass is 19.2. The number of aromatic nitrogens is 1. The molecular weight excluding hydrogens is 326 g/mol. The van der Waals surface area contributed by atoms with E-state index < -0.39 is 23.3 Å². The number of carbonyl (C=O) groups is 1. The quantitative estimate of drug-likeness (QED) is 0.859. The first kappa shape index (κ1) is 18.6. The molecule has 0 aliphatic carbocycles. The van der Waals surface area contributed by atoms with Crippen LogP contribution in [0.5, 0.6) is 0 Å². The van der Waals surface area contributed by atoms with Crippen molar-refractivity contribution in [2.75, 3.05) is 0 Å². The number of benzene rings is 1. The smallest absolute Gasteiger partial charge is 0.407 e. The fourth-order valence-corrected chi connectivity index (χ4v) is 2.03. The lowest BCUT2D eigenvalue weighted by atomic mass is 10.1. The Morgan fingerprint density at radius 1 is 1.08 bits per heavy atom. The highest BCUT2D eigenvalue weighted by Gasteiger charge is 2.16. The molecule has 0 fully saturated rings. The van der Waals surface area contributed by atoms with Crippen LogP contribution < -0.4 is 5.32 Å². The molecule has 2 rings (SSSR count). The van der Waals surface area contributed by atoms with Gasteiger partial charge in [0.05, 0.1) is 12.2 Å². The van der Waals surface area contributed by atoms with Crippen LogP contribution in [0.25, 0.3) is 11.7 Å². The summed E-state index contributed by atoms with van der Waals surface area (Å²) in [6.07, 6.45) is 0.755. The Hall–Kier alpha value is -2.76. The van der Waals surface area contributed by atoms with Crippen molar-refractivity contribution in [2.45, 2.75) is 32.9 Å². The Morgan fingerprint density at radius 2 is 1.72 bits per heavy atom. The fourth-order valence-electron chi connectivity index (χ4n) is 2.03. The number of pyridine rings is 1. The van der Waals surface area contributed by atoms with Crippen molar-refractivity contribution >= 4 is 17.7 Å². The summed E-state index contributed by atoms with van der Waals surface area (Å²) in [5.41, 5.74) is -0.0190. The van der Waals surface area contributed by atoms with Crippen LogP contribution in [0.15, 0.2) is 48.7 Å². The minimum Gasteiger partial charge on any atom is -0.444 e. The van der Waals surface area contributed by atoms with Crippen LogP contribution >= 0.6 is 0 Å². The second-order valence-corrected chi connectivity index (χ2v) is 6.39. The van der Waals surface area contributed by atoms with Gasteiger partial charge in [-0.1, -0.05) is 30.3 Å². The number of hydrogen-bond acceptors (Lipinski definition) is 3. The molecule has 0 unspecified atom stereocenters. The first-order valence-corrected chi connectivity index (χ1v) is 7.79. The van der Waals surface area contributed by atoms with Crippen molar-refractivity contribution in [1.82, 2.24) is 10.3 Å². The molecule has 1 N–H and O–H groups in total. The van der Waals surface area contributed by atoms with E-state index in [1.165, 1.54) is 30.5 Å². The zero-order valence-electron chi connectivity index (χ0n) is 14.3. The zero-order valence-corrected chi connectivity index (χ0v) is 14.3. The predicted octanol–water partition coefficient (Wildman–Crippen LogP) is 4.87. The van der Waals surface area contributed by atoms with E-state index in [-0.39, 0.29) is 17.7 Å². The molecule has 0 aliphatic rings. The highest BCUT2D eigenvalue weighted by molar-refractivity contribution is 5.83. The second-order valence-electron chi connectivity index (χ2n) is 6.39. The number of rotatable bonds is 4. The summed E-state index contributed by atoms with van der Waals surface area (Å²) in [4.78, 5) is 15.7. The number of amides is 1. The van der Waals surface area contributed by atoms with Crippen LogP contribution in [0.1, 0.15) is 37.6 Å². The lowest BCUT2D eigenvalue weighted by Crippen LogP contribution is -2.32. The maximum atomic E-state index is 14.4. The Labute approximate surface area is 145 Å². The van der Waals surface area contributed by atoms with Crippen LogP contribution in [-0.4, -0.2) is 16.7 Å². The van der Waals surface area contributed by atoms with Crippen molar-refractivity contribution < 1.29 is 18.3 Å². The van der Waals surface area contributed by atoms with Gasteiger partial charge in [0, 0.05) is 17.3 Å². The Balaban J connectivity index is 2.12. The van der Waals surface area contributed by atoms with Crippen molar-refractivity contribution in [3.63, 3.8) is 0 Å². The van der Waals surface area contributed by atoms with E-state index in [1.54, 1.807) is 39.0 Å². The molecule has 0 radical (unpaired) electrons. The van der Waals surface area contributed by atoms with Crippen LogP contribution in [-0.2, 0) is 11.3 Å². The molecule has 6 heteroatoms. The van der Waals surface area contributed by atoms with Gasteiger partial charge in [0.15, 0.2) is 11.7 Å². The number of nitrogens with zero attached hydrogens (tertiary/aromatic N) is 1. The van der Waals surface area contributed by atoms with E-state index >= 15 is 0 Å². The Kier molecular flexibility index (Phi) is 5.85. The van der Waals surface area contributed by atoms with Gasteiger partial charge in [0.2, 0.25) is 0 Å². The average molecular weight is 346 g/mol. The van der Waals surface area contributed by atoms with Crippen molar-refractivity contribution in [1.29, 1.82) is 0 Å². The molecule has 1 aromatic heterocycles. The first-order valence-electron chi connectivity index (χ1n) is 7.79.